The summed E-state index contributed by atoms with van der Waals surface area (Å²) in [5, 5.41) is 5.83. The lowest BCUT2D eigenvalue weighted by Crippen LogP contribution is -1.90. The predicted octanol–water partition coefficient (Wildman–Crippen LogP) is 10.4. The number of para-hydroxylation sites is 2. The Labute approximate surface area is 219 Å². The first kappa shape index (κ1) is 21.7. The van der Waals surface area contributed by atoms with Crippen LogP contribution < -0.4 is 5.32 Å². The summed E-state index contributed by atoms with van der Waals surface area (Å²) in [6, 6.07) is 46.7. The molecule has 0 saturated carbocycles. The van der Waals surface area contributed by atoms with Crippen molar-refractivity contribution in [3.8, 4) is 32.0 Å². The summed E-state index contributed by atoms with van der Waals surface area (Å²) < 4.78 is 6.22. The quantitative estimate of drug-likeness (QED) is 0.258. The summed E-state index contributed by atoms with van der Waals surface area (Å²) in [6.07, 6.45) is 0. The summed E-state index contributed by atoms with van der Waals surface area (Å²) >= 11 is 1.82. The topological polar surface area (TPSA) is 25.2 Å². The van der Waals surface area contributed by atoms with Gasteiger partial charge in [-0.05, 0) is 59.2 Å². The highest BCUT2D eigenvalue weighted by Gasteiger charge is 2.12. The fraction of sp³-hybridized carbons (Fsp3) is 0. The van der Waals surface area contributed by atoms with Gasteiger partial charge in [-0.2, -0.15) is 0 Å². The average Bonchev–Trinajstić information content (AvgIpc) is 3.60. The second-order valence-corrected chi connectivity index (χ2v) is 10.2. The Morgan fingerprint density at radius 3 is 1.78 bits per heavy atom. The normalized spacial score (nSPS) is 11.2. The molecule has 0 fully saturated rings. The molecule has 7 rings (SSSR count). The molecule has 2 aromatic heterocycles. The molecular weight excluding hydrogens is 470 g/mol. The number of fused-ring (bicyclic) bond motifs is 3. The van der Waals surface area contributed by atoms with Crippen LogP contribution in [0.25, 0.3) is 53.9 Å². The highest BCUT2D eigenvalue weighted by molar-refractivity contribution is 7.18. The summed E-state index contributed by atoms with van der Waals surface area (Å²) in [5.74, 6) is 0. The van der Waals surface area contributed by atoms with E-state index < -0.39 is 0 Å². The lowest BCUT2D eigenvalue weighted by Gasteiger charge is -2.09. The maximum absolute atomic E-state index is 6.22. The van der Waals surface area contributed by atoms with Crippen LogP contribution in [-0.2, 0) is 0 Å². The van der Waals surface area contributed by atoms with Gasteiger partial charge in [0.15, 0.2) is 0 Å². The van der Waals surface area contributed by atoms with Crippen molar-refractivity contribution < 1.29 is 4.42 Å². The second-order valence-electron chi connectivity index (χ2n) is 9.09. The zero-order valence-electron chi connectivity index (χ0n) is 20.0. The van der Waals surface area contributed by atoms with E-state index in [0.717, 1.165) is 44.4 Å². The van der Waals surface area contributed by atoms with Crippen LogP contribution in [0, 0.1) is 0 Å². The number of nitrogens with one attached hydrogen (secondary N) is 1. The monoisotopic (exact) mass is 493 g/mol. The largest absolute Gasteiger partial charge is 0.455 e. The highest BCUT2D eigenvalue weighted by atomic mass is 32.1. The van der Waals surface area contributed by atoms with E-state index in [0.29, 0.717) is 0 Å². The molecule has 0 unspecified atom stereocenters. The number of anilines is 2. The maximum Gasteiger partial charge on any atom is 0.143 e. The first-order valence-electron chi connectivity index (χ1n) is 12.4. The van der Waals surface area contributed by atoms with Crippen LogP contribution in [-0.4, -0.2) is 0 Å². The summed E-state index contributed by atoms with van der Waals surface area (Å²) in [5.41, 5.74) is 8.71. The molecule has 2 nitrogen and oxygen atoms in total. The third kappa shape index (κ3) is 4.10. The van der Waals surface area contributed by atoms with E-state index in [2.05, 4.69) is 127 Å². The van der Waals surface area contributed by atoms with Gasteiger partial charge >= 0.3 is 0 Å². The Morgan fingerprint density at radius 2 is 1.05 bits per heavy atom. The fourth-order valence-corrected chi connectivity index (χ4v) is 5.86. The zero-order chi connectivity index (χ0) is 24.6. The van der Waals surface area contributed by atoms with Crippen molar-refractivity contribution in [1.29, 1.82) is 0 Å². The van der Waals surface area contributed by atoms with E-state index in [1.807, 2.05) is 23.5 Å². The molecule has 7 aromatic rings. The molecule has 3 heteroatoms. The SMILES string of the molecule is c1ccc(-c2ccc(-c3ccc(Nc4ccc(-c5cccc6c5oc5ccccc56)cc4)cc3)s2)cc1. The molecule has 176 valence electrons. The molecule has 0 bridgehead atoms. The van der Waals surface area contributed by atoms with E-state index in [1.54, 1.807) is 0 Å². The van der Waals surface area contributed by atoms with Gasteiger partial charge in [0.25, 0.3) is 0 Å². The molecule has 0 saturated heterocycles. The molecule has 0 aliphatic rings. The van der Waals surface area contributed by atoms with E-state index in [1.165, 1.54) is 20.9 Å². The van der Waals surface area contributed by atoms with Crippen LogP contribution in [0.5, 0.6) is 0 Å². The van der Waals surface area contributed by atoms with Crippen LogP contribution in [0.4, 0.5) is 11.4 Å². The third-order valence-corrected chi connectivity index (χ3v) is 7.91. The first-order chi connectivity index (χ1) is 18.3. The van der Waals surface area contributed by atoms with Gasteiger partial charge in [0, 0.05) is 37.5 Å². The van der Waals surface area contributed by atoms with Crippen LogP contribution >= 0.6 is 11.3 Å². The molecule has 0 aliphatic heterocycles. The van der Waals surface area contributed by atoms with E-state index in [4.69, 9.17) is 4.42 Å². The lowest BCUT2D eigenvalue weighted by molar-refractivity contribution is 0.670. The Balaban J connectivity index is 1.10. The summed E-state index contributed by atoms with van der Waals surface area (Å²) in [4.78, 5) is 2.56. The Morgan fingerprint density at radius 1 is 0.459 bits per heavy atom. The number of rotatable bonds is 5. The Bertz CT molecular complexity index is 1830. The minimum Gasteiger partial charge on any atom is -0.455 e. The van der Waals surface area contributed by atoms with Crippen molar-refractivity contribution in [1.82, 2.24) is 0 Å². The van der Waals surface area contributed by atoms with Gasteiger partial charge in [-0.1, -0.05) is 91.0 Å². The van der Waals surface area contributed by atoms with Gasteiger partial charge in [0.05, 0.1) is 0 Å². The molecule has 0 aliphatic carbocycles. The van der Waals surface area contributed by atoms with Crippen molar-refractivity contribution in [3.05, 3.63) is 133 Å². The van der Waals surface area contributed by atoms with Gasteiger partial charge in [0.1, 0.15) is 11.2 Å². The number of benzene rings is 5. The summed E-state index contributed by atoms with van der Waals surface area (Å²) in [6.45, 7) is 0. The molecule has 37 heavy (non-hydrogen) atoms. The molecule has 0 radical (unpaired) electrons. The van der Waals surface area contributed by atoms with Crippen molar-refractivity contribution in [2.75, 3.05) is 5.32 Å². The van der Waals surface area contributed by atoms with Gasteiger partial charge in [0.2, 0.25) is 0 Å². The number of hydrogen-bond acceptors (Lipinski definition) is 3. The minimum atomic E-state index is 0.922. The smallest absolute Gasteiger partial charge is 0.143 e. The molecule has 1 N–H and O–H groups in total. The molecule has 0 atom stereocenters. The predicted molar refractivity (Wildman–Crippen MR) is 158 cm³/mol. The molecule has 2 heterocycles. The van der Waals surface area contributed by atoms with Crippen LogP contribution in [0.1, 0.15) is 0 Å². The first-order valence-corrected chi connectivity index (χ1v) is 13.2. The molecule has 0 amide bonds. The minimum absolute atomic E-state index is 0.922. The molecular formula is C34H23NOS. The van der Waals surface area contributed by atoms with Crippen LogP contribution in [0.15, 0.2) is 138 Å². The van der Waals surface area contributed by atoms with E-state index in [-0.39, 0.29) is 0 Å². The van der Waals surface area contributed by atoms with Gasteiger partial charge in [-0.15, -0.1) is 11.3 Å². The van der Waals surface area contributed by atoms with Crippen molar-refractivity contribution >= 4 is 44.7 Å². The number of furan rings is 1. The molecule has 5 aromatic carbocycles. The van der Waals surface area contributed by atoms with Crippen molar-refractivity contribution in [2.45, 2.75) is 0 Å². The van der Waals surface area contributed by atoms with E-state index >= 15 is 0 Å². The highest BCUT2D eigenvalue weighted by Crippen LogP contribution is 2.37. The van der Waals surface area contributed by atoms with Gasteiger partial charge in [-0.25, -0.2) is 0 Å². The number of hydrogen-bond donors (Lipinski definition) is 1. The standard InChI is InChI=1S/C34H23NOS/c1-2-7-24(8-3-1)32-21-22-33(37-32)25-15-19-27(20-16-25)35-26-17-13-23(14-18-26)28-10-6-11-30-29-9-4-5-12-31(29)36-34(28)30/h1-22,35H. The number of thiophene rings is 1. The van der Waals surface area contributed by atoms with Crippen LogP contribution in [0.3, 0.4) is 0 Å². The van der Waals surface area contributed by atoms with E-state index in [9.17, 15) is 0 Å². The second kappa shape index (κ2) is 9.12. The third-order valence-electron chi connectivity index (χ3n) is 6.72. The Hall–Kier alpha value is -4.60. The van der Waals surface area contributed by atoms with Crippen molar-refractivity contribution in [2.24, 2.45) is 0 Å². The van der Waals surface area contributed by atoms with Gasteiger partial charge in [-0.3, -0.25) is 0 Å². The summed E-state index contributed by atoms with van der Waals surface area (Å²) in [7, 11) is 0. The lowest BCUT2D eigenvalue weighted by atomic mass is 10.0. The van der Waals surface area contributed by atoms with Gasteiger partial charge < -0.3 is 9.73 Å². The fourth-order valence-electron chi connectivity index (χ4n) is 4.84. The zero-order valence-corrected chi connectivity index (χ0v) is 20.8. The van der Waals surface area contributed by atoms with Crippen molar-refractivity contribution in [3.63, 3.8) is 0 Å². The van der Waals surface area contributed by atoms with Crippen LogP contribution in [0.2, 0.25) is 0 Å². The average molecular weight is 494 g/mol. The molecule has 0 spiro atoms. The Kier molecular flexibility index (Phi) is 5.34. The maximum atomic E-state index is 6.22.